The van der Waals surface area contributed by atoms with Crippen molar-refractivity contribution in [3.63, 3.8) is 0 Å². The summed E-state index contributed by atoms with van der Waals surface area (Å²) in [5, 5.41) is 4.06. The third-order valence-electron chi connectivity index (χ3n) is 5.80. The van der Waals surface area contributed by atoms with Crippen molar-refractivity contribution >= 4 is 5.91 Å². The first kappa shape index (κ1) is 16.3. The first-order chi connectivity index (χ1) is 12.0. The van der Waals surface area contributed by atoms with Gasteiger partial charge in [0.05, 0.1) is 12.0 Å². The van der Waals surface area contributed by atoms with E-state index in [0.717, 1.165) is 32.2 Å². The SMILES string of the molecule is Cc1nc(C2CCCN2C(=O)C2CCC(C)(C)c3ccccc32)no1. The van der Waals surface area contributed by atoms with Crippen LogP contribution in [0.25, 0.3) is 0 Å². The Hall–Kier alpha value is -2.17. The second-order valence-corrected chi connectivity index (χ2v) is 7.92. The number of benzene rings is 1. The lowest BCUT2D eigenvalue weighted by Crippen LogP contribution is -2.38. The summed E-state index contributed by atoms with van der Waals surface area (Å²) in [5.74, 6) is 1.36. The summed E-state index contributed by atoms with van der Waals surface area (Å²) in [6, 6.07) is 8.38. The molecular formula is C20H25N3O2. The molecule has 2 atom stereocenters. The van der Waals surface area contributed by atoms with Gasteiger partial charge < -0.3 is 9.42 Å². The average molecular weight is 339 g/mol. The number of carbonyl (C=O) groups excluding carboxylic acids is 1. The molecule has 1 aromatic heterocycles. The van der Waals surface area contributed by atoms with Gasteiger partial charge in [-0.15, -0.1) is 0 Å². The van der Waals surface area contributed by atoms with Crippen molar-refractivity contribution in [3.05, 3.63) is 47.1 Å². The molecular weight excluding hydrogens is 314 g/mol. The second kappa shape index (κ2) is 5.97. The molecule has 25 heavy (non-hydrogen) atoms. The molecule has 5 heteroatoms. The Labute approximate surface area is 148 Å². The van der Waals surface area contributed by atoms with Crippen molar-refractivity contribution in [1.29, 1.82) is 0 Å². The van der Waals surface area contributed by atoms with E-state index in [0.29, 0.717) is 11.7 Å². The van der Waals surface area contributed by atoms with E-state index in [2.05, 4.69) is 42.2 Å². The summed E-state index contributed by atoms with van der Waals surface area (Å²) in [4.78, 5) is 19.7. The highest BCUT2D eigenvalue weighted by molar-refractivity contribution is 5.85. The van der Waals surface area contributed by atoms with Crippen LogP contribution in [0.2, 0.25) is 0 Å². The average Bonchev–Trinajstić information content (AvgIpc) is 3.23. The van der Waals surface area contributed by atoms with Gasteiger partial charge in [0.2, 0.25) is 11.8 Å². The van der Waals surface area contributed by atoms with Crippen molar-refractivity contribution < 1.29 is 9.32 Å². The van der Waals surface area contributed by atoms with Gasteiger partial charge in [0.1, 0.15) is 0 Å². The largest absolute Gasteiger partial charge is 0.340 e. The zero-order chi connectivity index (χ0) is 17.6. The van der Waals surface area contributed by atoms with E-state index in [1.807, 2.05) is 11.0 Å². The second-order valence-electron chi connectivity index (χ2n) is 7.92. The topological polar surface area (TPSA) is 59.2 Å². The molecule has 1 aliphatic carbocycles. The van der Waals surface area contributed by atoms with Gasteiger partial charge in [-0.25, -0.2) is 0 Å². The summed E-state index contributed by atoms with van der Waals surface area (Å²) < 4.78 is 5.13. The number of amides is 1. The van der Waals surface area contributed by atoms with E-state index in [4.69, 9.17) is 4.52 Å². The monoisotopic (exact) mass is 339 g/mol. The normalized spacial score (nSPS) is 25.0. The standard InChI is InChI=1S/C20H25N3O2/c1-13-21-18(22-25-13)17-9-6-12-23(17)19(24)15-10-11-20(2,3)16-8-5-4-7-14(15)16/h4-5,7-8,15,17H,6,9-12H2,1-3H3. The molecule has 1 fully saturated rings. The molecule has 2 aromatic rings. The number of likely N-dealkylation sites (tertiary alicyclic amines) is 1. The Bertz CT molecular complexity index is 796. The minimum absolute atomic E-state index is 0.0490. The van der Waals surface area contributed by atoms with E-state index in [9.17, 15) is 4.79 Å². The molecule has 2 heterocycles. The van der Waals surface area contributed by atoms with Gasteiger partial charge >= 0.3 is 0 Å². The number of aryl methyl sites for hydroxylation is 1. The lowest BCUT2D eigenvalue weighted by molar-refractivity contribution is -0.134. The van der Waals surface area contributed by atoms with Gasteiger partial charge in [-0.3, -0.25) is 4.79 Å². The molecule has 2 unspecified atom stereocenters. The predicted octanol–water partition coefficient (Wildman–Crippen LogP) is 3.90. The summed E-state index contributed by atoms with van der Waals surface area (Å²) in [7, 11) is 0. The summed E-state index contributed by atoms with van der Waals surface area (Å²) in [6.07, 6.45) is 3.83. The van der Waals surface area contributed by atoms with Gasteiger partial charge in [-0.1, -0.05) is 43.3 Å². The van der Waals surface area contributed by atoms with Crippen LogP contribution in [0.3, 0.4) is 0 Å². The van der Waals surface area contributed by atoms with E-state index in [1.165, 1.54) is 11.1 Å². The van der Waals surface area contributed by atoms with Gasteiger partial charge in [-0.05, 0) is 42.2 Å². The maximum Gasteiger partial charge on any atom is 0.230 e. The quantitative estimate of drug-likeness (QED) is 0.833. The molecule has 1 amide bonds. The van der Waals surface area contributed by atoms with Gasteiger partial charge in [0, 0.05) is 13.5 Å². The van der Waals surface area contributed by atoms with Gasteiger partial charge in [0.25, 0.3) is 0 Å². The molecule has 0 bridgehead atoms. The van der Waals surface area contributed by atoms with Crippen molar-refractivity contribution in [2.24, 2.45) is 0 Å². The molecule has 5 nitrogen and oxygen atoms in total. The Balaban J connectivity index is 1.65. The highest BCUT2D eigenvalue weighted by Crippen LogP contribution is 2.44. The minimum Gasteiger partial charge on any atom is -0.340 e. The van der Waals surface area contributed by atoms with Crippen LogP contribution < -0.4 is 0 Å². The number of carbonyl (C=O) groups is 1. The molecule has 0 spiro atoms. The number of aromatic nitrogens is 2. The highest BCUT2D eigenvalue weighted by Gasteiger charge is 2.41. The number of hydrogen-bond donors (Lipinski definition) is 0. The number of hydrogen-bond acceptors (Lipinski definition) is 4. The lowest BCUT2D eigenvalue weighted by atomic mass is 9.68. The van der Waals surface area contributed by atoms with E-state index in [-0.39, 0.29) is 23.3 Å². The van der Waals surface area contributed by atoms with Crippen molar-refractivity contribution in [1.82, 2.24) is 15.0 Å². The van der Waals surface area contributed by atoms with Crippen LogP contribution >= 0.6 is 0 Å². The Morgan fingerprint density at radius 2 is 2.08 bits per heavy atom. The maximum atomic E-state index is 13.4. The summed E-state index contributed by atoms with van der Waals surface area (Å²) >= 11 is 0. The zero-order valence-corrected chi connectivity index (χ0v) is 15.2. The van der Waals surface area contributed by atoms with Crippen LogP contribution in [0.5, 0.6) is 0 Å². The summed E-state index contributed by atoms with van der Waals surface area (Å²) in [5.41, 5.74) is 2.63. The molecule has 1 aromatic carbocycles. The van der Waals surface area contributed by atoms with Crippen LogP contribution in [0.1, 0.15) is 74.3 Å². The number of rotatable bonds is 2. The Morgan fingerprint density at radius 3 is 2.84 bits per heavy atom. The predicted molar refractivity (Wildman–Crippen MR) is 94.2 cm³/mol. The van der Waals surface area contributed by atoms with Crippen molar-refractivity contribution in [2.45, 2.75) is 63.8 Å². The third kappa shape index (κ3) is 2.75. The van der Waals surface area contributed by atoms with Gasteiger partial charge in [0.15, 0.2) is 5.82 Å². The molecule has 0 radical (unpaired) electrons. The van der Waals surface area contributed by atoms with E-state index in [1.54, 1.807) is 6.92 Å². The Kier molecular flexibility index (Phi) is 3.89. The molecule has 2 aliphatic rings. The molecule has 0 N–H and O–H groups in total. The van der Waals surface area contributed by atoms with E-state index < -0.39 is 0 Å². The fourth-order valence-corrected chi connectivity index (χ4v) is 4.42. The van der Waals surface area contributed by atoms with Crippen LogP contribution in [-0.4, -0.2) is 27.5 Å². The lowest BCUT2D eigenvalue weighted by Gasteiger charge is -2.38. The minimum atomic E-state index is -0.0576. The van der Waals surface area contributed by atoms with Crippen LogP contribution in [0, 0.1) is 6.92 Å². The zero-order valence-electron chi connectivity index (χ0n) is 15.2. The van der Waals surface area contributed by atoms with Crippen LogP contribution in [0.4, 0.5) is 0 Å². The number of nitrogens with zero attached hydrogens (tertiary/aromatic N) is 3. The first-order valence-corrected chi connectivity index (χ1v) is 9.17. The maximum absolute atomic E-state index is 13.4. The number of fused-ring (bicyclic) bond motifs is 1. The van der Waals surface area contributed by atoms with Crippen molar-refractivity contribution in [3.8, 4) is 0 Å². The third-order valence-corrected chi connectivity index (χ3v) is 5.80. The van der Waals surface area contributed by atoms with Crippen LogP contribution in [-0.2, 0) is 10.2 Å². The molecule has 0 saturated carbocycles. The smallest absolute Gasteiger partial charge is 0.230 e. The fraction of sp³-hybridized carbons (Fsp3) is 0.550. The molecule has 1 aliphatic heterocycles. The van der Waals surface area contributed by atoms with E-state index >= 15 is 0 Å². The van der Waals surface area contributed by atoms with Crippen molar-refractivity contribution in [2.75, 3.05) is 6.54 Å². The highest BCUT2D eigenvalue weighted by atomic mass is 16.5. The molecule has 4 rings (SSSR count). The summed E-state index contributed by atoms with van der Waals surface area (Å²) in [6.45, 7) is 7.11. The fourth-order valence-electron chi connectivity index (χ4n) is 4.42. The van der Waals surface area contributed by atoms with Gasteiger partial charge in [-0.2, -0.15) is 4.98 Å². The first-order valence-electron chi connectivity index (χ1n) is 9.17. The Morgan fingerprint density at radius 1 is 1.28 bits per heavy atom. The molecule has 132 valence electrons. The molecule has 1 saturated heterocycles. The van der Waals surface area contributed by atoms with Crippen LogP contribution in [0.15, 0.2) is 28.8 Å².